The molecule has 1 aromatic heterocycles. The normalized spacial score (nSPS) is 15.9. The fourth-order valence-electron chi connectivity index (χ4n) is 4.18. The van der Waals surface area contributed by atoms with Crippen LogP contribution in [-0.4, -0.2) is 20.2 Å². The number of thiocarbonyl (C=S) groups is 1. The van der Waals surface area contributed by atoms with Crippen molar-refractivity contribution in [1.29, 1.82) is 0 Å². The number of hydrogen-bond donors (Lipinski definition) is 1. The van der Waals surface area contributed by atoms with Crippen LogP contribution in [0.1, 0.15) is 41.1 Å². The third-order valence-electron chi connectivity index (χ3n) is 6.23. The maximum absolute atomic E-state index is 13.4. The average Bonchev–Trinajstić information content (AvgIpc) is 3.33. The van der Waals surface area contributed by atoms with E-state index < -0.39 is 0 Å². The molecule has 0 radical (unpaired) electrons. The molecule has 0 bridgehead atoms. The largest absolute Gasteiger partial charge is 0.351 e. The van der Waals surface area contributed by atoms with E-state index in [1.54, 1.807) is 12.1 Å². The molecule has 1 unspecified atom stereocenters. The summed E-state index contributed by atoms with van der Waals surface area (Å²) < 4.78 is 19.2. The van der Waals surface area contributed by atoms with Gasteiger partial charge in [-0.05, 0) is 68.4 Å². The van der Waals surface area contributed by atoms with E-state index >= 15 is 0 Å². The van der Waals surface area contributed by atoms with Gasteiger partial charge in [0.1, 0.15) is 5.82 Å². The highest BCUT2D eigenvalue weighted by Crippen LogP contribution is 2.38. The number of rotatable bonds is 5. The third-order valence-corrected chi connectivity index (χ3v) is 6.57. The lowest BCUT2D eigenvalue weighted by Crippen LogP contribution is -2.45. The Balaban J connectivity index is 1.58. The van der Waals surface area contributed by atoms with Gasteiger partial charge < -0.3 is 14.7 Å². The number of nitrogens with zero attached hydrogens (tertiary/aromatic N) is 3. The molecule has 0 aliphatic carbocycles. The summed E-state index contributed by atoms with van der Waals surface area (Å²) in [5.74, 6) is 0.490. The first-order valence-corrected chi connectivity index (χ1v) is 11.8. The lowest BCUT2D eigenvalue weighted by Gasteiger charge is -2.37. The molecule has 0 saturated heterocycles. The smallest absolute Gasteiger partial charge is 0.258 e. The number of aromatic nitrogens is 2. The molecule has 5 nitrogen and oxygen atoms in total. The summed E-state index contributed by atoms with van der Waals surface area (Å²) in [5, 5.41) is 8.31. The van der Waals surface area contributed by atoms with Gasteiger partial charge in [-0.3, -0.25) is 0 Å². The summed E-state index contributed by atoms with van der Waals surface area (Å²) in [6.07, 6.45) is 0. The Morgan fingerprint density at radius 2 is 1.54 bits per heavy atom. The van der Waals surface area contributed by atoms with Crippen molar-refractivity contribution in [1.82, 2.24) is 20.4 Å². The van der Waals surface area contributed by atoms with E-state index in [0.29, 0.717) is 28.9 Å². The van der Waals surface area contributed by atoms with Crippen LogP contribution in [0.2, 0.25) is 0 Å². The topological polar surface area (TPSA) is 54.2 Å². The Morgan fingerprint density at radius 3 is 2.20 bits per heavy atom. The Hall–Kier alpha value is -3.84. The third kappa shape index (κ3) is 4.72. The summed E-state index contributed by atoms with van der Waals surface area (Å²) in [5.41, 5.74) is 7.05. The molecule has 2 heterocycles. The quantitative estimate of drug-likeness (QED) is 0.333. The first kappa shape index (κ1) is 22.9. The minimum absolute atomic E-state index is 0.251. The van der Waals surface area contributed by atoms with Gasteiger partial charge >= 0.3 is 0 Å². The highest BCUT2D eigenvalue weighted by atomic mass is 32.1. The van der Waals surface area contributed by atoms with Crippen molar-refractivity contribution in [2.75, 3.05) is 0 Å². The van der Waals surface area contributed by atoms with Crippen LogP contribution in [0.5, 0.6) is 0 Å². The van der Waals surface area contributed by atoms with Gasteiger partial charge in [0.2, 0.25) is 5.82 Å². The molecule has 0 fully saturated rings. The number of halogens is 1. The zero-order valence-corrected chi connectivity index (χ0v) is 20.6. The van der Waals surface area contributed by atoms with Crippen LogP contribution in [0.15, 0.2) is 83.0 Å². The van der Waals surface area contributed by atoms with Crippen LogP contribution in [0.25, 0.3) is 17.0 Å². The predicted octanol–water partition coefficient (Wildman–Crippen LogP) is 6.36. The van der Waals surface area contributed by atoms with Gasteiger partial charge in [0.25, 0.3) is 5.89 Å². The van der Waals surface area contributed by atoms with E-state index in [4.69, 9.17) is 16.7 Å². The second-order valence-electron chi connectivity index (χ2n) is 8.79. The summed E-state index contributed by atoms with van der Waals surface area (Å²) in [6.45, 7) is 6.77. The Morgan fingerprint density at radius 1 is 0.914 bits per heavy atom. The van der Waals surface area contributed by atoms with Crippen LogP contribution in [-0.2, 0) is 6.54 Å². The Kier molecular flexibility index (Phi) is 6.17. The van der Waals surface area contributed by atoms with Crippen molar-refractivity contribution >= 4 is 22.9 Å². The summed E-state index contributed by atoms with van der Waals surface area (Å²) >= 11 is 5.81. The maximum Gasteiger partial charge on any atom is 0.258 e. The fourth-order valence-corrected chi connectivity index (χ4v) is 4.50. The number of hydrogen-bond acceptors (Lipinski definition) is 4. The van der Waals surface area contributed by atoms with E-state index in [2.05, 4.69) is 82.7 Å². The maximum atomic E-state index is 13.4. The number of aryl methyl sites for hydroxylation is 2. The molecule has 1 aliphatic rings. The molecular weight excluding hydrogens is 459 g/mol. The second kappa shape index (κ2) is 9.43. The highest BCUT2D eigenvalue weighted by Gasteiger charge is 2.34. The van der Waals surface area contributed by atoms with Crippen molar-refractivity contribution in [2.24, 2.45) is 0 Å². The van der Waals surface area contributed by atoms with Crippen molar-refractivity contribution in [3.63, 3.8) is 0 Å². The Bertz CT molecular complexity index is 1390. The molecule has 0 saturated carbocycles. The van der Waals surface area contributed by atoms with E-state index in [-0.39, 0.29) is 11.9 Å². The number of allylic oxidation sites excluding steroid dienone is 1. The van der Waals surface area contributed by atoms with E-state index in [1.165, 1.54) is 23.3 Å². The first-order valence-electron chi connectivity index (χ1n) is 11.4. The van der Waals surface area contributed by atoms with Crippen LogP contribution in [0.4, 0.5) is 4.39 Å². The van der Waals surface area contributed by atoms with Gasteiger partial charge in [-0.1, -0.05) is 64.8 Å². The molecule has 3 aromatic carbocycles. The van der Waals surface area contributed by atoms with Gasteiger partial charge in [0.15, 0.2) is 5.11 Å². The molecule has 4 aromatic rings. The van der Waals surface area contributed by atoms with Gasteiger partial charge in [-0.15, -0.1) is 0 Å². The monoisotopic (exact) mass is 484 g/mol. The van der Waals surface area contributed by atoms with E-state index in [9.17, 15) is 4.39 Å². The second-order valence-corrected chi connectivity index (χ2v) is 9.18. The van der Waals surface area contributed by atoms with Crippen LogP contribution < -0.4 is 5.32 Å². The highest BCUT2D eigenvalue weighted by molar-refractivity contribution is 7.80. The SMILES string of the molecule is CC1=C(c2nc(-c3ccc(F)cc3)no2)C(c2ccc(C)cc2)NC(=S)N1Cc1ccc(C)cc1. The average molecular weight is 485 g/mol. The Labute approximate surface area is 209 Å². The van der Waals surface area contributed by atoms with Crippen molar-refractivity contribution < 1.29 is 8.91 Å². The predicted molar refractivity (Wildman–Crippen MR) is 139 cm³/mol. The van der Waals surface area contributed by atoms with Gasteiger partial charge in [-0.2, -0.15) is 4.98 Å². The van der Waals surface area contributed by atoms with Crippen LogP contribution in [0.3, 0.4) is 0 Å². The fraction of sp³-hybridized carbons (Fsp3) is 0.179. The van der Waals surface area contributed by atoms with Crippen LogP contribution in [0, 0.1) is 19.7 Å². The van der Waals surface area contributed by atoms with Gasteiger partial charge in [0, 0.05) is 17.8 Å². The van der Waals surface area contributed by atoms with Crippen molar-refractivity contribution in [3.05, 3.63) is 112 Å². The zero-order valence-electron chi connectivity index (χ0n) is 19.7. The molecule has 1 N–H and O–H groups in total. The van der Waals surface area contributed by atoms with E-state index in [0.717, 1.165) is 22.4 Å². The van der Waals surface area contributed by atoms with E-state index in [1.807, 2.05) is 6.92 Å². The lowest BCUT2D eigenvalue weighted by atomic mass is 9.94. The molecule has 35 heavy (non-hydrogen) atoms. The zero-order chi connectivity index (χ0) is 24.5. The minimum atomic E-state index is -0.313. The lowest BCUT2D eigenvalue weighted by molar-refractivity contribution is 0.396. The summed E-state index contributed by atoms with van der Waals surface area (Å²) in [6, 6.07) is 22.5. The molecule has 176 valence electrons. The molecule has 7 heteroatoms. The van der Waals surface area contributed by atoms with Gasteiger partial charge in [-0.25, -0.2) is 4.39 Å². The van der Waals surface area contributed by atoms with Gasteiger partial charge in [0.05, 0.1) is 11.6 Å². The molecule has 5 rings (SSSR count). The first-order chi connectivity index (χ1) is 16.9. The van der Waals surface area contributed by atoms with Crippen molar-refractivity contribution in [3.8, 4) is 11.4 Å². The molecule has 1 aliphatic heterocycles. The number of nitrogens with one attached hydrogen (secondary N) is 1. The summed E-state index contributed by atoms with van der Waals surface area (Å²) in [4.78, 5) is 6.74. The molecule has 0 amide bonds. The van der Waals surface area contributed by atoms with Crippen molar-refractivity contribution in [2.45, 2.75) is 33.4 Å². The standard InChI is InChI=1S/C28H25FN4OS/c1-17-4-8-20(9-5-17)16-33-19(3)24(25(30-28(33)35)21-10-6-18(2)7-11-21)27-31-26(32-34-27)22-12-14-23(29)15-13-22/h4-15,25H,16H2,1-3H3,(H,30,35). The molecule has 1 atom stereocenters. The summed E-state index contributed by atoms with van der Waals surface area (Å²) in [7, 11) is 0. The number of benzene rings is 3. The van der Waals surface area contributed by atoms with Crippen LogP contribution >= 0.6 is 12.2 Å². The molecule has 0 spiro atoms. The minimum Gasteiger partial charge on any atom is -0.351 e. The molecular formula is C28H25FN4OS.